The van der Waals surface area contributed by atoms with E-state index in [0.29, 0.717) is 12.1 Å². The molecule has 0 spiro atoms. The average molecular weight is 260 g/mol. The molecule has 0 saturated heterocycles. The molecule has 0 bridgehead atoms. The molecule has 1 aromatic carbocycles. The summed E-state index contributed by atoms with van der Waals surface area (Å²) in [6, 6.07) is 9.73. The van der Waals surface area contributed by atoms with Gasteiger partial charge in [-0.15, -0.1) is 0 Å². The van der Waals surface area contributed by atoms with Gasteiger partial charge in [0, 0.05) is 19.4 Å². The van der Waals surface area contributed by atoms with Crippen molar-refractivity contribution in [2.75, 3.05) is 6.61 Å². The van der Waals surface area contributed by atoms with Gasteiger partial charge in [-0.1, -0.05) is 30.3 Å². The molecule has 3 N–H and O–H groups in total. The van der Waals surface area contributed by atoms with Crippen molar-refractivity contribution in [1.82, 2.24) is 0 Å². The molecule has 100 valence electrons. The van der Waals surface area contributed by atoms with Crippen molar-refractivity contribution >= 4 is 5.78 Å². The van der Waals surface area contributed by atoms with E-state index in [-0.39, 0.29) is 24.2 Å². The smallest absolute Gasteiger partial charge is 0.231 e. The van der Waals surface area contributed by atoms with E-state index in [1.807, 2.05) is 30.3 Å². The van der Waals surface area contributed by atoms with Gasteiger partial charge in [0.2, 0.25) is 11.5 Å². The van der Waals surface area contributed by atoms with Gasteiger partial charge in [0.1, 0.15) is 12.2 Å². The molecule has 0 saturated carbocycles. The van der Waals surface area contributed by atoms with Crippen molar-refractivity contribution in [3.05, 3.63) is 59.6 Å². The predicted molar refractivity (Wildman–Crippen MR) is 71.5 cm³/mol. The molecule has 2 rings (SSSR count). The van der Waals surface area contributed by atoms with Crippen molar-refractivity contribution in [3.63, 3.8) is 0 Å². The second-order valence-corrected chi connectivity index (χ2v) is 4.70. The van der Waals surface area contributed by atoms with Crippen molar-refractivity contribution in [2.24, 2.45) is 0 Å². The fourth-order valence-electron chi connectivity index (χ4n) is 2.30. The molecule has 2 atom stereocenters. The Hall–Kier alpha value is -1.91. The van der Waals surface area contributed by atoms with Gasteiger partial charge in [0.05, 0.1) is 6.61 Å². The number of hydrogen-bond acceptors (Lipinski definition) is 3. The largest absolute Gasteiger partial charge is 0.500 e. The van der Waals surface area contributed by atoms with Gasteiger partial charge >= 0.3 is 0 Å². The number of carbonyl (C=O) groups excluding carboxylic acids is 1. The van der Waals surface area contributed by atoms with E-state index < -0.39 is 0 Å². The third-order valence-electron chi connectivity index (χ3n) is 3.42. The molecular formula is C15H18NO3+. The van der Waals surface area contributed by atoms with Gasteiger partial charge < -0.3 is 10.2 Å². The minimum atomic E-state index is -0.377. The summed E-state index contributed by atoms with van der Waals surface area (Å²) in [4.78, 5) is 12.2. The zero-order valence-corrected chi connectivity index (χ0v) is 10.8. The van der Waals surface area contributed by atoms with Gasteiger partial charge in [-0.2, -0.15) is 0 Å². The Morgan fingerprint density at radius 3 is 2.58 bits per heavy atom. The molecule has 1 aromatic rings. The summed E-state index contributed by atoms with van der Waals surface area (Å²) in [5.74, 6) is -0.596. The van der Waals surface area contributed by atoms with E-state index in [2.05, 4.69) is 0 Å². The number of nitrogens with one attached hydrogen (secondary N) is 1. The number of ketones is 1. The summed E-state index contributed by atoms with van der Waals surface area (Å²) < 4.78 is 0. The third kappa shape index (κ3) is 2.92. The highest BCUT2D eigenvalue weighted by Crippen LogP contribution is 2.06. The Labute approximate surface area is 112 Å². The number of allylic oxidation sites excluding steroid dienone is 2. The van der Waals surface area contributed by atoms with Crippen molar-refractivity contribution in [1.29, 1.82) is 0 Å². The molecule has 4 nitrogen and oxygen atoms in total. The topological polar surface area (TPSA) is 62.0 Å². The van der Waals surface area contributed by atoms with Crippen molar-refractivity contribution in [3.8, 4) is 0 Å². The summed E-state index contributed by atoms with van der Waals surface area (Å²) in [5.41, 5.74) is 1.68. The molecule has 0 aromatic heterocycles. The second-order valence-electron chi connectivity index (χ2n) is 4.70. The van der Waals surface area contributed by atoms with Crippen LogP contribution in [0.4, 0.5) is 0 Å². The number of quaternary nitrogens is 1. The Bertz CT molecular complexity index is 519. The van der Waals surface area contributed by atoms with Gasteiger partial charge in [0.15, 0.2) is 5.70 Å². The summed E-state index contributed by atoms with van der Waals surface area (Å²) in [6.07, 6.45) is 3.72. The van der Waals surface area contributed by atoms with E-state index in [4.69, 9.17) is 0 Å². The molecule has 0 radical (unpaired) electrons. The number of aliphatic hydroxyl groups is 2. The van der Waals surface area contributed by atoms with Gasteiger partial charge in [-0.05, 0) is 5.56 Å². The zero-order valence-electron chi connectivity index (χ0n) is 10.8. The highest BCUT2D eigenvalue weighted by molar-refractivity contribution is 6.02. The Balaban J connectivity index is 2.19. The summed E-state index contributed by atoms with van der Waals surface area (Å²) in [6.45, 7) is 1.69. The van der Waals surface area contributed by atoms with Crippen LogP contribution in [0.3, 0.4) is 0 Å². The van der Waals surface area contributed by atoms with E-state index in [1.165, 1.54) is 6.08 Å². The maximum absolute atomic E-state index is 11.3. The summed E-state index contributed by atoms with van der Waals surface area (Å²) in [5, 5.41) is 19.3. The molecule has 1 unspecified atom stereocenters. The average Bonchev–Trinajstić information content (AvgIpc) is 2.44. The molecular weight excluding hydrogens is 242 g/mol. The number of hydrogen-bond donors (Lipinski definition) is 3. The molecule has 0 aliphatic carbocycles. The summed E-state index contributed by atoms with van der Waals surface area (Å²) >= 11 is 0. The van der Waals surface area contributed by atoms with Gasteiger partial charge in [0.25, 0.3) is 0 Å². The normalized spacial score (nSPS) is 20.7. The Morgan fingerprint density at radius 1 is 1.26 bits per heavy atom. The van der Waals surface area contributed by atoms with Crippen LogP contribution in [0, 0.1) is 0 Å². The van der Waals surface area contributed by atoms with Gasteiger partial charge in [-0.25, -0.2) is 0 Å². The van der Waals surface area contributed by atoms with Gasteiger partial charge in [-0.3, -0.25) is 9.69 Å². The van der Waals surface area contributed by atoms with Crippen LogP contribution in [0.2, 0.25) is 0 Å². The van der Waals surface area contributed by atoms with Crippen LogP contribution in [-0.4, -0.2) is 28.6 Å². The lowest BCUT2D eigenvalue weighted by atomic mass is 10.0. The minimum absolute atomic E-state index is 0.0205. The third-order valence-corrected chi connectivity index (χ3v) is 3.42. The number of benzene rings is 1. The zero-order chi connectivity index (χ0) is 13.8. The second kappa shape index (κ2) is 5.82. The highest BCUT2D eigenvalue weighted by atomic mass is 16.3. The molecule has 0 amide bonds. The first-order valence-corrected chi connectivity index (χ1v) is 6.27. The van der Waals surface area contributed by atoms with Crippen LogP contribution in [-0.2, 0) is 11.2 Å². The van der Waals surface area contributed by atoms with E-state index in [1.54, 1.807) is 13.1 Å². The van der Waals surface area contributed by atoms with E-state index >= 15 is 0 Å². The van der Waals surface area contributed by atoms with Crippen LogP contribution >= 0.6 is 0 Å². The maximum Gasteiger partial charge on any atom is 0.231 e. The lowest BCUT2D eigenvalue weighted by Gasteiger charge is -2.26. The van der Waals surface area contributed by atoms with E-state index in [9.17, 15) is 15.0 Å². The fourth-order valence-corrected chi connectivity index (χ4v) is 2.30. The monoisotopic (exact) mass is 260 g/mol. The molecule has 1 aliphatic rings. The quantitative estimate of drug-likeness (QED) is 0.732. The lowest BCUT2D eigenvalue weighted by molar-refractivity contribution is -0.836. The number of carbonyl (C=O) groups is 1. The predicted octanol–water partition coefficient (Wildman–Crippen LogP) is 0.361. The Morgan fingerprint density at radius 2 is 1.95 bits per heavy atom. The fraction of sp³-hybridized carbons (Fsp3) is 0.267. The van der Waals surface area contributed by atoms with Crippen LogP contribution < -0.4 is 4.90 Å². The highest BCUT2D eigenvalue weighted by Gasteiger charge is 2.29. The summed E-state index contributed by atoms with van der Waals surface area (Å²) in [7, 11) is 0. The van der Waals surface area contributed by atoms with Crippen LogP contribution in [0.15, 0.2) is 54.1 Å². The Kier molecular flexibility index (Phi) is 4.14. The first-order chi connectivity index (χ1) is 9.13. The molecule has 1 aliphatic heterocycles. The van der Waals surface area contributed by atoms with Crippen LogP contribution in [0.5, 0.6) is 0 Å². The molecule has 4 heteroatoms. The van der Waals surface area contributed by atoms with Crippen molar-refractivity contribution < 1.29 is 19.9 Å². The lowest BCUT2D eigenvalue weighted by Crippen LogP contribution is -3.11. The van der Waals surface area contributed by atoms with E-state index in [0.717, 1.165) is 10.5 Å². The minimum Gasteiger partial charge on any atom is -0.500 e. The van der Waals surface area contributed by atoms with Crippen LogP contribution in [0.25, 0.3) is 0 Å². The van der Waals surface area contributed by atoms with Crippen molar-refractivity contribution in [2.45, 2.75) is 19.4 Å². The van der Waals surface area contributed by atoms with Crippen LogP contribution in [0.1, 0.15) is 12.5 Å². The maximum atomic E-state index is 11.3. The molecule has 1 heterocycles. The number of rotatable bonds is 4. The first kappa shape index (κ1) is 13.5. The first-order valence-electron chi connectivity index (χ1n) is 6.27. The standard InChI is InChI=1S/C15H17NO3/c1-11-15(19)14(18)7-8-16(11)13(10-17)9-12-5-3-2-4-6-12/h2-8,13,17,19H,9-10H2,1H3/p+1/t13-/m1/s1. The molecule has 19 heavy (non-hydrogen) atoms. The molecule has 0 fully saturated rings. The number of aliphatic hydroxyl groups excluding tert-OH is 2. The SMILES string of the molecule is CC1=C(O)C(=O)C=C[NH+]1[C@@H](CO)Cc1ccccc1.